The highest BCUT2D eigenvalue weighted by molar-refractivity contribution is 7.89. The van der Waals surface area contributed by atoms with Gasteiger partial charge in [0, 0.05) is 33.2 Å². The summed E-state index contributed by atoms with van der Waals surface area (Å²) in [6, 6.07) is 9.92. The number of sulfonamides is 1. The molecule has 1 saturated heterocycles. The van der Waals surface area contributed by atoms with Gasteiger partial charge in [-0.05, 0) is 49.7 Å². The van der Waals surface area contributed by atoms with Gasteiger partial charge in [-0.15, -0.1) is 0 Å². The smallest absolute Gasteiger partial charge is 0.276 e. The number of hydrogen-bond donors (Lipinski definition) is 2. The van der Waals surface area contributed by atoms with Crippen molar-refractivity contribution in [1.29, 1.82) is 0 Å². The van der Waals surface area contributed by atoms with Crippen LogP contribution in [0.25, 0.3) is 11.4 Å². The van der Waals surface area contributed by atoms with Gasteiger partial charge in [0.15, 0.2) is 0 Å². The van der Waals surface area contributed by atoms with Gasteiger partial charge < -0.3 is 20.4 Å². The van der Waals surface area contributed by atoms with Crippen molar-refractivity contribution >= 4 is 27.3 Å². The van der Waals surface area contributed by atoms with Gasteiger partial charge in [0.2, 0.25) is 10.0 Å². The Labute approximate surface area is 247 Å². The van der Waals surface area contributed by atoms with Crippen LogP contribution in [-0.4, -0.2) is 79.0 Å². The molecular formula is C29H40N8O4S. The Balaban J connectivity index is 1.60. The minimum absolute atomic E-state index is 0.141. The van der Waals surface area contributed by atoms with Crippen molar-refractivity contribution in [1.82, 2.24) is 24.2 Å². The number of rotatable bonds is 10. The van der Waals surface area contributed by atoms with Crippen molar-refractivity contribution in [3.05, 3.63) is 52.4 Å². The van der Waals surface area contributed by atoms with Crippen LogP contribution in [0.1, 0.15) is 51.8 Å². The Kier molecular flexibility index (Phi) is 8.71. The van der Waals surface area contributed by atoms with Crippen molar-refractivity contribution in [2.45, 2.75) is 51.0 Å². The molecule has 0 saturated carbocycles. The van der Waals surface area contributed by atoms with Crippen LogP contribution in [-0.2, 0) is 10.0 Å². The first-order valence-electron chi connectivity index (χ1n) is 14.6. The molecule has 13 heteroatoms. The number of benzene rings is 1. The van der Waals surface area contributed by atoms with Gasteiger partial charge in [-0.3, -0.25) is 14.8 Å². The Hall–Kier alpha value is -3.68. The van der Waals surface area contributed by atoms with Gasteiger partial charge in [0.05, 0.1) is 28.8 Å². The Bertz CT molecular complexity index is 1590. The van der Waals surface area contributed by atoms with E-state index in [0.29, 0.717) is 73.5 Å². The fourth-order valence-corrected chi connectivity index (χ4v) is 7.08. The topological polar surface area (TPSA) is 141 Å². The summed E-state index contributed by atoms with van der Waals surface area (Å²) in [6.07, 6.45) is 2.31. The summed E-state index contributed by atoms with van der Waals surface area (Å²) in [5.41, 5.74) is 7.08. The fraction of sp³-hybridized carbons (Fsp3) is 0.483. The number of pyridine rings is 1. The van der Waals surface area contributed by atoms with Gasteiger partial charge in [-0.1, -0.05) is 33.3 Å². The molecule has 2 aliphatic heterocycles. The summed E-state index contributed by atoms with van der Waals surface area (Å²) in [4.78, 5) is 28.4. The molecule has 12 nitrogen and oxygen atoms in total. The molecule has 1 atom stereocenters. The first kappa shape index (κ1) is 29.8. The van der Waals surface area contributed by atoms with Crippen LogP contribution < -0.4 is 26.0 Å². The number of ether oxygens (including phenoxy) is 1. The summed E-state index contributed by atoms with van der Waals surface area (Å²) < 4.78 is 34.9. The molecule has 1 aromatic carbocycles. The lowest BCUT2D eigenvalue weighted by molar-refractivity contribution is 0.196. The molecule has 226 valence electrons. The number of piperazine rings is 1. The molecule has 1 unspecified atom stereocenters. The first-order chi connectivity index (χ1) is 20.2. The van der Waals surface area contributed by atoms with E-state index in [1.54, 1.807) is 36.3 Å². The number of nitrogen functional groups attached to an aromatic ring is 1. The van der Waals surface area contributed by atoms with E-state index < -0.39 is 10.0 Å². The Morgan fingerprint density at radius 2 is 1.81 bits per heavy atom. The van der Waals surface area contributed by atoms with Crippen molar-refractivity contribution in [2.75, 3.05) is 62.1 Å². The molecule has 5 rings (SSSR count). The summed E-state index contributed by atoms with van der Waals surface area (Å²) in [5.74, 6) is 1.71. The number of aromatic amines is 1. The van der Waals surface area contributed by atoms with E-state index in [0.717, 1.165) is 19.4 Å². The van der Waals surface area contributed by atoms with Crippen molar-refractivity contribution in [3.8, 4) is 17.1 Å². The largest absolute Gasteiger partial charge is 0.493 e. The van der Waals surface area contributed by atoms with Crippen LogP contribution in [0.2, 0.25) is 0 Å². The fourth-order valence-electron chi connectivity index (χ4n) is 5.63. The molecule has 4 heterocycles. The highest BCUT2D eigenvalue weighted by Gasteiger charge is 2.39. The van der Waals surface area contributed by atoms with Gasteiger partial charge in [0.25, 0.3) is 5.56 Å². The monoisotopic (exact) mass is 596 g/mol. The quantitative estimate of drug-likeness (QED) is 0.358. The van der Waals surface area contributed by atoms with Crippen LogP contribution >= 0.6 is 0 Å². The van der Waals surface area contributed by atoms with Gasteiger partial charge in [0.1, 0.15) is 28.9 Å². The molecule has 0 aliphatic carbocycles. The zero-order chi connectivity index (χ0) is 30.0. The predicted molar refractivity (Wildman–Crippen MR) is 164 cm³/mol. The van der Waals surface area contributed by atoms with Crippen LogP contribution in [0, 0.1) is 0 Å². The van der Waals surface area contributed by atoms with Crippen molar-refractivity contribution in [2.24, 2.45) is 0 Å². The minimum atomic E-state index is -3.77. The molecule has 0 amide bonds. The third-order valence-electron chi connectivity index (χ3n) is 7.82. The summed E-state index contributed by atoms with van der Waals surface area (Å²) in [7, 11) is -1.96. The third kappa shape index (κ3) is 5.55. The number of likely N-dealkylation sites (N-methyl/N-ethyl adjacent to an activating group) is 1. The summed E-state index contributed by atoms with van der Waals surface area (Å²) >= 11 is 0. The summed E-state index contributed by atoms with van der Waals surface area (Å²) in [6.45, 7) is 9.68. The number of anilines is 3. The number of nitrogens with zero attached hydrogens (tertiary/aromatic N) is 6. The molecule has 0 spiro atoms. The van der Waals surface area contributed by atoms with Crippen LogP contribution in [0.3, 0.4) is 0 Å². The lowest BCUT2D eigenvalue weighted by Gasteiger charge is -2.33. The molecule has 2 aromatic heterocycles. The molecule has 3 aromatic rings. The van der Waals surface area contributed by atoms with E-state index >= 15 is 0 Å². The average molecular weight is 597 g/mol. The van der Waals surface area contributed by atoms with E-state index in [1.807, 2.05) is 24.1 Å². The zero-order valence-electron chi connectivity index (χ0n) is 24.7. The molecule has 0 bridgehead atoms. The number of hydrazine groups is 1. The number of aromatic nitrogens is 3. The average Bonchev–Trinajstić information content (AvgIpc) is 3.27. The molecule has 2 aliphatic rings. The van der Waals surface area contributed by atoms with Crippen molar-refractivity contribution < 1.29 is 13.2 Å². The molecule has 1 fully saturated rings. The maximum atomic E-state index is 13.7. The molecule has 3 N–H and O–H groups in total. The second kappa shape index (κ2) is 12.3. The number of nitrogens with one attached hydrogen (secondary N) is 1. The molecule has 0 radical (unpaired) electrons. The maximum absolute atomic E-state index is 13.7. The number of fused-ring (bicyclic) bond motifs is 1. The second-order valence-electron chi connectivity index (χ2n) is 10.6. The summed E-state index contributed by atoms with van der Waals surface area (Å²) in [5, 5.41) is 3.69. The second-order valence-corrected chi connectivity index (χ2v) is 12.5. The van der Waals surface area contributed by atoms with Gasteiger partial charge in [-0.2, -0.15) is 4.31 Å². The maximum Gasteiger partial charge on any atom is 0.276 e. The standard InChI is InChI=1S/C29H40N8O4S/c1-5-9-22-26-27(34(4)37(22)25-11-8-10-24(30)31-25)29(38)33-28(32-26)21-19-20(12-13-23(21)41-18-6-2)42(39,40)36-16-14-35(7-3)15-17-36/h8,10-13,19,22H,5-7,9,14-18H2,1-4H3,(H2,30,31)(H,32,33,38). The van der Waals surface area contributed by atoms with E-state index in [2.05, 4.69) is 28.7 Å². The van der Waals surface area contributed by atoms with Gasteiger partial charge in [-0.25, -0.2) is 18.4 Å². The minimum Gasteiger partial charge on any atom is -0.493 e. The predicted octanol–water partition coefficient (Wildman–Crippen LogP) is 3.24. The Morgan fingerprint density at radius 3 is 2.48 bits per heavy atom. The van der Waals surface area contributed by atoms with Crippen LogP contribution in [0.5, 0.6) is 5.75 Å². The SMILES string of the molecule is CCCOc1ccc(S(=O)(=O)N2CCN(CC)CC2)cc1-c1nc2c(c(=O)[nH]1)N(C)N(c1cccc(N)n1)C2CCC. The number of H-pyrrole nitrogens is 1. The normalized spacial score (nSPS) is 18.0. The first-order valence-corrected chi connectivity index (χ1v) is 16.0. The lowest BCUT2D eigenvalue weighted by Crippen LogP contribution is -2.48. The molecule has 42 heavy (non-hydrogen) atoms. The number of nitrogens with two attached hydrogens (primary N) is 1. The number of hydrogen-bond acceptors (Lipinski definition) is 10. The van der Waals surface area contributed by atoms with Crippen LogP contribution in [0.15, 0.2) is 46.1 Å². The highest BCUT2D eigenvalue weighted by atomic mass is 32.2. The zero-order valence-corrected chi connectivity index (χ0v) is 25.5. The van der Waals surface area contributed by atoms with E-state index in [1.165, 1.54) is 4.31 Å². The molecular weight excluding hydrogens is 556 g/mol. The lowest BCUT2D eigenvalue weighted by atomic mass is 10.1. The van der Waals surface area contributed by atoms with E-state index in [9.17, 15) is 13.2 Å². The van der Waals surface area contributed by atoms with E-state index in [-0.39, 0.29) is 22.3 Å². The van der Waals surface area contributed by atoms with Gasteiger partial charge >= 0.3 is 0 Å². The highest BCUT2D eigenvalue weighted by Crippen LogP contribution is 2.42. The van der Waals surface area contributed by atoms with Crippen molar-refractivity contribution in [3.63, 3.8) is 0 Å². The Morgan fingerprint density at radius 1 is 1.05 bits per heavy atom. The van der Waals surface area contributed by atoms with E-state index in [4.69, 9.17) is 15.5 Å². The third-order valence-corrected chi connectivity index (χ3v) is 9.71. The van der Waals surface area contributed by atoms with Crippen LogP contribution in [0.4, 0.5) is 17.3 Å².